The Morgan fingerprint density at radius 1 is 1.44 bits per heavy atom. The molecule has 1 fully saturated rings. The fourth-order valence-corrected chi connectivity index (χ4v) is 2.09. The molecule has 0 bridgehead atoms. The SMILES string of the molecule is N#Cc1nnn(Cc2cccc(F)c2)c1C1CC1. The van der Waals surface area contributed by atoms with E-state index in [2.05, 4.69) is 16.4 Å². The summed E-state index contributed by atoms with van der Waals surface area (Å²) in [7, 11) is 0. The minimum absolute atomic E-state index is 0.263. The Kier molecular flexibility index (Phi) is 2.56. The summed E-state index contributed by atoms with van der Waals surface area (Å²) in [5, 5.41) is 16.9. The summed E-state index contributed by atoms with van der Waals surface area (Å²) in [6.07, 6.45) is 2.15. The van der Waals surface area contributed by atoms with Gasteiger partial charge < -0.3 is 0 Å². The van der Waals surface area contributed by atoms with Crippen LogP contribution in [0.1, 0.15) is 35.7 Å². The molecule has 0 amide bonds. The van der Waals surface area contributed by atoms with Crippen molar-refractivity contribution in [2.75, 3.05) is 0 Å². The lowest BCUT2D eigenvalue weighted by Crippen LogP contribution is -2.06. The topological polar surface area (TPSA) is 54.5 Å². The zero-order chi connectivity index (χ0) is 12.5. The first-order chi connectivity index (χ1) is 8.78. The van der Waals surface area contributed by atoms with Crippen LogP contribution in [-0.4, -0.2) is 15.0 Å². The first-order valence-electron chi connectivity index (χ1n) is 5.86. The molecule has 1 aromatic heterocycles. The van der Waals surface area contributed by atoms with Crippen LogP contribution in [0.4, 0.5) is 4.39 Å². The number of nitriles is 1. The zero-order valence-electron chi connectivity index (χ0n) is 9.67. The van der Waals surface area contributed by atoms with Crippen molar-refractivity contribution < 1.29 is 4.39 Å². The molecule has 1 aliphatic rings. The maximum Gasteiger partial charge on any atom is 0.186 e. The Labute approximate surface area is 104 Å². The first-order valence-corrected chi connectivity index (χ1v) is 5.86. The number of benzene rings is 1. The lowest BCUT2D eigenvalue weighted by atomic mass is 10.2. The Balaban J connectivity index is 1.93. The van der Waals surface area contributed by atoms with Gasteiger partial charge in [0.25, 0.3) is 0 Å². The lowest BCUT2D eigenvalue weighted by Gasteiger charge is -2.05. The van der Waals surface area contributed by atoms with E-state index in [0.717, 1.165) is 24.1 Å². The molecule has 90 valence electrons. The smallest absolute Gasteiger partial charge is 0.186 e. The molecule has 4 nitrogen and oxygen atoms in total. The number of aromatic nitrogens is 3. The highest BCUT2D eigenvalue weighted by Crippen LogP contribution is 2.41. The van der Waals surface area contributed by atoms with Gasteiger partial charge >= 0.3 is 0 Å². The van der Waals surface area contributed by atoms with Crippen LogP contribution < -0.4 is 0 Å². The Morgan fingerprint density at radius 2 is 2.28 bits per heavy atom. The number of hydrogen-bond donors (Lipinski definition) is 0. The quantitative estimate of drug-likeness (QED) is 0.829. The van der Waals surface area contributed by atoms with Crippen molar-refractivity contribution in [2.45, 2.75) is 25.3 Å². The molecular weight excluding hydrogens is 231 g/mol. The molecule has 0 saturated heterocycles. The molecule has 1 aliphatic carbocycles. The third-order valence-electron chi connectivity index (χ3n) is 3.06. The Bertz CT molecular complexity index is 622. The molecule has 1 heterocycles. The van der Waals surface area contributed by atoms with Crippen molar-refractivity contribution in [1.82, 2.24) is 15.0 Å². The van der Waals surface area contributed by atoms with E-state index in [4.69, 9.17) is 5.26 Å². The second-order valence-corrected chi connectivity index (χ2v) is 4.50. The number of nitrogens with zero attached hydrogens (tertiary/aromatic N) is 4. The van der Waals surface area contributed by atoms with E-state index in [1.807, 2.05) is 6.07 Å². The molecule has 0 N–H and O–H groups in total. The summed E-state index contributed by atoms with van der Waals surface area (Å²) in [4.78, 5) is 0. The highest BCUT2D eigenvalue weighted by atomic mass is 19.1. The normalized spacial score (nSPS) is 14.4. The third kappa shape index (κ3) is 1.97. The molecule has 0 aliphatic heterocycles. The van der Waals surface area contributed by atoms with Crippen molar-refractivity contribution in [1.29, 1.82) is 5.26 Å². The average Bonchev–Trinajstić information content (AvgIpc) is 3.11. The minimum Gasteiger partial charge on any atom is -0.243 e. The van der Waals surface area contributed by atoms with Crippen molar-refractivity contribution in [3.63, 3.8) is 0 Å². The van der Waals surface area contributed by atoms with Gasteiger partial charge in [-0.05, 0) is 30.5 Å². The first kappa shape index (κ1) is 10.9. The summed E-state index contributed by atoms with van der Waals surface area (Å²) < 4.78 is 14.8. The molecule has 0 atom stereocenters. The molecule has 5 heteroatoms. The molecule has 0 unspecified atom stereocenters. The molecule has 0 radical (unpaired) electrons. The average molecular weight is 242 g/mol. The van der Waals surface area contributed by atoms with Gasteiger partial charge in [0.1, 0.15) is 11.9 Å². The van der Waals surface area contributed by atoms with E-state index < -0.39 is 0 Å². The van der Waals surface area contributed by atoms with Gasteiger partial charge in [-0.15, -0.1) is 5.10 Å². The molecular formula is C13H11FN4. The standard InChI is InChI=1S/C13H11FN4/c14-11-3-1-2-9(6-11)8-18-13(10-4-5-10)12(7-15)16-17-18/h1-3,6,10H,4-5,8H2. The van der Waals surface area contributed by atoms with Gasteiger partial charge in [-0.25, -0.2) is 9.07 Å². The molecule has 0 spiro atoms. The van der Waals surface area contributed by atoms with E-state index in [9.17, 15) is 4.39 Å². The van der Waals surface area contributed by atoms with Crippen molar-refractivity contribution in [2.24, 2.45) is 0 Å². The van der Waals surface area contributed by atoms with Gasteiger partial charge in [0.05, 0.1) is 12.2 Å². The van der Waals surface area contributed by atoms with Crippen LogP contribution >= 0.6 is 0 Å². The van der Waals surface area contributed by atoms with Crippen LogP contribution in [-0.2, 0) is 6.54 Å². The Hall–Kier alpha value is -2.22. The summed E-state index contributed by atoms with van der Waals surface area (Å²) in [6.45, 7) is 0.457. The van der Waals surface area contributed by atoms with Crippen molar-refractivity contribution in [3.8, 4) is 6.07 Å². The highest BCUT2D eigenvalue weighted by molar-refractivity contribution is 5.31. The van der Waals surface area contributed by atoms with Crippen LogP contribution in [0, 0.1) is 17.1 Å². The van der Waals surface area contributed by atoms with Crippen LogP contribution in [0.2, 0.25) is 0 Å². The molecule has 1 saturated carbocycles. The number of rotatable bonds is 3. The van der Waals surface area contributed by atoms with Crippen molar-refractivity contribution >= 4 is 0 Å². The van der Waals surface area contributed by atoms with E-state index in [0.29, 0.717) is 18.2 Å². The maximum atomic E-state index is 13.1. The van der Waals surface area contributed by atoms with Crippen molar-refractivity contribution in [3.05, 3.63) is 47.0 Å². The van der Waals surface area contributed by atoms with Crippen LogP contribution in [0.3, 0.4) is 0 Å². The summed E-state index contributed by atoms with van der Waals surface area (Å²) >= 11 is 0. The van der Waals surface area contributed by atoms with E-state index >= 15 is 0 Å². The van der Waals surface area contributed by atoms with E-state index in [1.54, 1.807) is 10.7 Å². The van der Waals surface area contributed by atoms with Gasteiger partial charge in [-0.3, -0.25) is 0 Å². The fraction of sp³-hybridized carbons (Fsp3) is 0.308. The van der Waals surface area contributed by atoms with E-state index in [1.165, 1.54) is 12.1 Å². The third-order valence-corrected chi connectivity index (χ3v) is 3.06. The predicted octanol–water partition coefficient (Wildman–Crippen LogP) is 2.21. The molecule has 1 aromatic carbocycles. The maximum absolute atomic E-state index is 13.1. The summed E-state index contributed by atoms with van der Waals surface area (Å²) in [5.74, 6) is 0.129. The number of hydrogen-bond acceptors (Lipinski definition) is 3. The lowest BCUT2D eigenvalue weighted by molar-refractivity contribution is 0.602. The summed E-state index contributed by atoms with van der Waals surface area (Å²) in [6, 6.07) is 8.46. The molecule has 18 heavy (non-hydrogen) atoms. The monoisotopic (exact) mass is 242 g/mol. The van der Waals surface area contributed by atoms with Crippen LogP contribution in [0.15, 0.2) is 24.3 Å². The van der Waals surface area contributed by atoms with Crippen LogP contribution in [0.25, 0.3) is 0 Å². The summed E-state index contributed by atoms with van der Waals surface area (Å²) in [5.41, 5.74) is 2.11. The van der Waals surface area contributed by atoms with Gasteiger partial charge in [0.2, 0.25) is 0 Å². The molecule has 3 rings (SSSR count). The Morgan fingerprint density at radius 3 is 2.94 bits per heavy atom. The van der Waals surface area contributed by atoms with Crippen LogP contribution in [0.5, 0.6) is 0 Å². The van der Waals surface area contributed by atoms with E-state index in [-0.39, 0.29) is 5.82 Å². The second kappa shape index (κ2) is 4.22. The largest absolute Gasteiger partial charge is 0.243 e. The minimum atomic E-state index is -0.263. The second-order valence-electron chi connectivity index (χ2n) is 4.50. The van der Waals surface area contributed by atoms with Gasteiger partial charge in [-0.1, -0.05) is 17.3 Å². The fourth-order valence-electron chi connectivity index (χ4n) is 2.09. The van der Waals surface area contributed by atoms with Gasteiger partial charge in [-0.2, -0.15) is 5.26 Å². The number of halogens is 1. The predicted molar refractivity (Wildman–Crippen MR) is 62.2 cm³/mol. The zero-order valence-corrected chi connectivity index (χ0v) is 9.67. The molecule has 2 aromatic rings. The highest BCUT2D eigenvalue weighted by Gasteiger charge is 2.31. The van der Waals surface area contributed by atoms with Gasteiger partial charge in [0.15, 0.2) is 5.69 Å². The van der Waals surface area contributed by atoms with Gasteiger partial charge in [0, 0.05) is 5.92 Å².